The molecule has 0 saturated heterocycles. The molecule has 0 atom stereocenters. The number of rotatable bonds is 3. The summed E-state index contributed by atoms with van der Waals surface area (Å²) < 4.78 is 14.4. The second kappa shape index (κ2) is 6.44. The molecule has 26 heavy (non-hydrogen) atoms. The lowest BCUT2D eigenvalue weighted by Crippen LogP contribution is -2.14. The van der Waals surface area contributed by atoms with E-state index in [4.69, 9.17) is 0 Å². The lowest BCUT2D eigenvalue weighted by atomic mass is 10.1. The van der Waals surface area contributed by atoms with Gasteiger partial charge < -0.3 is 4.90 Å². The smallest absolute Gasteiger partial charge is 0.184 e. The van der Waals surface area contributed by atoms with Crippen molar-refractivity contribution >= 4 is 22.7 Å². The predicted molar refractivity (Wildman–Crippen MR) is 97.6 cm³/mol. The zero-order chi connectivity index (χ0) is 18.1. The van der Waals surface area contributed by atoms with Crippen LogP contribution in [-0.2, 0) is 0 Å². The average Bonchev–Trinajstić information content (AvgIpc) is 2.69. The number of pyridine rings is 1. The summed E-state index contributed by atoms with van der Waals surface area (Å²) in [6.07, 6.45) is 6.54. The van der Waals surface area contributed by atoms with Gasteiger partial charge in [-0.3, -0.25) is 4.98 Å². The molecule has 0 unspecified atom stereocenters. The standard InChI is InChI=1S/C19H15FN6/c1-12-3-4-15(20)14(11-12)17-24-18-16(22-9-10-23-18)19(25-17)26(2)13-5-7-21-8-6-13/h3-11H,1-2H3. The maximum absolute atomic E-state index is 14.4. The van der Waals surface area contributed by atoms with Crippen molar-refractivity contribution in [1.82, 2.24) is 24.9 Å². The van der Waals surface area contributed by atoms with Gasteiger partial charge in [0.2, 0.25) is 0 Å². The minimum absolute atomic E-state index is 0.273. The average molecular weight is 346 g/mol. The van der Waals surface area contributed by atoms with Gasteiger partial charge in [0.15, 0.2) is 22.8 Å². The van der Waals surface area contributed by atoms with E-state index in [0.717, 1.165) is 11.3 Å². The fourth-order valence-electron chi connectivity index (χ4n) is 2.70. The third-order valence-electron chi connectivity index (χ3n) is 4.04. The first-order valence-electron chi connectivity index (χ1n) is 8.02. The zero-order valence-corrected chi connectivity index (χ0v) is 14.3. The fourth-order valence-corrected chi connectivity index (χ4v) is 2.70. The van der Waals surface area contributed by atoms with Crippen LogP contribution in [0.25, 0.3) is 22.6 Å². The van der Waals surface area contributed by atoms with E-state index in [2.05, 4.69) is 24.9 Å². The Morgan fingerprint density at radius 2 is 1.69 bits per heavy atom. The predicted octanol–water partition coefficient (Wildman–Crippen LogP) is 3.70. The molecule has 4 aromatic rings. The van der Waals surface area contributed by atoms with Gasteiger partial charge in [0.05, 0.1) is 5.56 Å². The second-order valence-corrected chi connectivity index (χ2v) is 5.85. The Hall–Kier alpha value is -3.48. The molecule has 0 aliphatic rings. The summed E-state index contributed by atoms with van der Waals surface area (Å²) >= 11 is 0. The summed E-state index contributed by atoms with van der Waals surface area (Å²) in [6.45, 7) is 1.90. The summed E-state index contributed by atoms with van der Waals surface area (Å²) in [5.74, 6) is 0.441. The van der Waals surface area contributed by atoms with E-state index in [1.165, 1.54) is 6.07 Å². The first kappa shape index (κ1) is 16.0. The molecule has 7 heteroatoms. The van der Waals surface area contributed by atoms with Crippen LogP contribution >= 0.6 is 0 Å². The molecule has 3 heterocycles. The van der Waals surface area contributed by atoms with E-state index < -0.39 is 0 Å². The van der Waals surface area contributed by atoms with Crippen LogP contribution in [0.4, 0.5) is 15.9 Å². The maximum atomic E-state index is 14.4. The highest BCUT2D eigenvalue weighted by Gasteiger charge is 2.17. The SMILES string of the molecule is Cc1ccc(F)c(-c2nc(N(C)c3ccncc3)c3nccnc3n2)c1. The van der Waals surface area contributed by atoms with Gasteiger partial charge in [0.1, 0.15) is 5.82 Å². The highest BCUT2D eigenvalue weighted by Crippen LogP contribution is 2.30. The van der Waals surface area contributed by atoms with E-state index in [0.29, 0.717) is 22.5 Å². The molecule has 6 nitrogen and oxygen atoms in total. The largest absolute Gasteiger partial charge is 0.327 e. The molecule has 3 aromatic heterocycles. The van der Waals surface area contributed by atoms with Gasteiger partial charge in [-0.1, -0.05) is 11.6 Å². The Morgan fingerprint density at radius 1 is 0.923 bits per heavy atom. The molecule has 0 amide bonds. The van der Waals surface area contributed by atoms with Crippen molar-refractivity contribution in [2.75, 3.05) is 11.9 Å². The molecule has 1 aromatic carbocycles. The van der Waals surface area contributed by atoms with E-state index >= 15 is 0 Å². The topological polar surface area (TPSA) is 67.7 Å². The first-order valence-corrected chi connectivity index (χ1v) is 8.02. The van der Waals surface area contributed by atoms with Crippen LogP contribution in [0.3, 0.4) is 0 Å². The van der Waals surface area contributed by atoms with Crippen LogP contribution in [0.15, 0.2) is 55.1 Å². The van der Waals surface area contributed by atoms with Crippen LogP contribution in [0.2, 0.25) is 0 Å². The number of hydrogen-bond donors (Lipinski definition) is 0. The molecule has 128 valence electrons. The molecular weight excluding hydrogens is 331 g/mol. The van der Waals surface area contributed by atoms with E-state index in [9.17, 15) is 4.39 Å². The lowest BCUT2D eigenvalue weighted by molar-refractivity contribution is 0.629. The molecule has 0 N–H and O–H groups in total. The Labute approximate surface area is 149 Å². The van der Waals surface area contributed by atoms with E-state index in [1.807, 2.05) is 31.0 Å². The molecule has 0 spiro atoms. The summed E-state index contributed by atoms with van der Waals surface area (Å²) in [4.78, 5) is 23.6. The monoisotopic (exact) mass is 346 g/mol. The Kier molecular flexibility index (Phi) is 3.96. The molecule has 0 radical (unpaired) electrons. The third-order valence-corrected chi connectivity index (χ3v) is 4.04. The van der Waals surface area contributed by atoms with Gasteiger partial charge in [0.25, 0.3) is 0 Å². The minimum atomic E-state index is -0.378. The van der Waals surface area contributed by atoms with Crippen LogP contribution in [-0.4, -0.2) is 32.0 Å². The zero-order valence-electron chi connectivity index (χ0n) is 14.3. The normalized spacial score (nSPS) is 10.9. The fraction of sp³-hybridized carbons (Fsp3) is 0.105. The molecule has 0 bridgehead atoms. The number of aromatic nitrogens is 5. The molecule has 0 saturated carbocycles. The lowest BCUT2D eigenvalue weighted by Gasteiger charge is -2.19. The Bertz CT molecular complexity index is 1080. The van der Waals surface area contributed by atoms with Crippen LogP contribution < -0.4 is 4.90 Å². The molecule has 4 rings (SSSR count). The number of benzene rings is 1. The highest BCUT2D eigenvalue weighted by atomic mass is 19.1. The summed E-state index contributed by atoms with van der Waals surface area (Å²) in [5, 5.41) is 0. The number of anilines is 2. The molecule has 0 aliphatic carbocycles. The van der Waals surface area contributed by atoms with Gasteiger partial charge in [-0.25, -0.2) is 24.3 Å². The summed E-state index contributed by atoms with van der Waals surface area (Å²) in [7, 11) is 1.86. The van der Waals surface area contributed by atoms with Crippen molar-refractivity contribution in [3.05, 3.63) is 66.5 Å². The van der Waals surface area contributed by atoms with Crippen LogP contribution in [0.1, 0.15) is 5.56 Å². The Balaban J connectivity index is 1.96. The van der Waals surface area contributed by atoms with Crippen molar-refractivity contribution in [2.24, 2.45) is 0 Å². The number of fused-ring (bicyclic) bond motifs is 1. The highest BCUT2D eigenvalue weighted by molar-refractivity contribution is 5.87. The van der Waals surface area contributed by atoms with E-state index in [-0.39, 0.29) is 11.6 Å². The molecule has 0 aliphatic heterocycles. The summed E-state index contributed by atoms with van der Waals surface area (Å²) in [5.41, 5.74) is 3.09. The molecular formula is C19H15FN6. The number of hydrogen-bond acceptors (Lipinski definition) is 6. The van der Waals surface area contributed by atoms with Crippen molar-refractivity contribution in [3.8, 4) is 11.4 Å². The van der Waals surface area contributed by atoms with Crippen LogP contribution in [0, 0.1) is 12.7 Å². The first-order chi connectivity index (χ1) is 12.6. The number of halogens is 1. The van der Waals surface area contributed by atoms with Crippen LogP contribution in [0.5, 0.6) is 0 Å². The minimum Gasteiger partial charge on any atom is -0.327 e. The number of nitrogens with zero attached hydrogens (tertiary/aromatic N) is 6. The van der Waals surface area contributed by atoms with Crippen molar-refractivity contribution < 1.29 is 4.39 Å². The Morgan fingerprint density at radius 3 is 2.50 bits per heavy atom. The summed E-state index contributed by atoms with van der Waals surface area (Å²) in [6, 6.07) is 8.57. The molecule has 0 fully saturated rings. The van der Waals surface area contributed by atoms with Crippen molar-refractivity contribution in [3.63, 3.8) is 0 Å². The third kappa shape index (κ3) is 2.83. The van der Waals surface area contributed by atoms with Crippen molar-refractivity contribution in [1.29, 1.82) is 0 Å². The van der Waals surface area contributed by atoms with Gasteiger partial charge in [-0.2, -0.15) is 0 Å². The number of aryl methyl sites for hydroxylation is 1. The van der Waals surface area contributed by atoms with Gasteiger partial charge in [-0.05, 0) is 31.2 Å². The van der Waals surface area contributed by atoms with Gasteiger partial charge in [-0.15, -0.1) is 0 Å². The quantitative estimate of drug-likeness (QED) is 0.563. The van der Waals surface area contributed by atoms with E-state index in [1.54, 1.807) is 36.9 Å². The maximum Gasteiger partial charge on any atom is 0.184 e. The second-order valence-electron chi connectivity index (χ2n) is 5.85. The van der Waals surface area contributed by atoms with Gasteiger partial charge in [0, 0.05) is 37.5 Å². The van der Waals surface area contributed by atoms with Crippen molar-refractivity contribution in [2.45, 2.75) is 6.92 Å². The van der Waals surface area contributed by atoms with Gasteiger partial charge >= 0.3 is 0 Å².